The van der Waals surface area contributed by atoms with Gasteiger partial charge in [0.15, 0.2) is 28.0 Å². The molecular weight excluding hydrogens is 472 g/mol. The average Bonchev–Trinajstić information content (AvgIpc) is 3.62. The first kappa shape index (κ1) is 22.4. The second-order valence-electron chi connectivity index (χ2n) is 7.59. The highest BCUT2D eigenvalue weighted by atomic mass is 32.1. The van der Waals surface area contributed by atoms with E-state index < -0.39 is 29.5 Å². The summed E-state index contributed by atoms with van der Waals surface area (Å²) in [6.45, 7) is 0. The summed E-state index contributed by atoms with van der Waals surface area (Å²) in [6.07, 6.45) is 1.52. The molecule has 1 amide bonds. The van der Waals surface area contributed by atoms with Crippen molar-refractivity contribution in [3.8, 4) is 5.75 Å². The molecule has 1 aliphatic rings. The number of para-hydroxylation sites is 1. The topological polar surface area (TPSA) is 119 Å². The predicted octanol–water partition coefficient (Wildman–Crippen LogP) is 4.47. The van der Waals surface area contributed by atoms with Crippen LogP contribution in [0.1, 0.15) is 32.5 Å². The van der Waals surface area contributed by atoms with Crippen LogP contribution in [0.4, 0.5) is 5.13 Å². The number of nitrogens with zero attached hydrogens (tertiary/aromatic N) is 2. The fourth-order valence-corrected chi connectivity index (χ4v) is 4.71. The van der Waals surface area contributed by atoms with Gasteiger partial charge in [-0.2, -0.15) is 0 Å². The van der Waals surface area contributed by atoms with Crippen LogP contribution in [-0.4, -0.2) is 42.0 Å². The molecule has 2 aromatic carbocycles. The van der Waals surface area contributed by atoms with Crippen molar-refractivity contribution in [2.24, 2.45) is 0 Å². The highest BCUT2D eigenvalue weighted by Crippen LogP contribution is 2.43. The zero-order chi connectivity index (χ0) is 24.7. The molecule has 0 saturated carbocycles. The number of hydrogen-bond acceptors (Lipinski definition) is 9. The summed E-state index contributed by atoms with van der Waals surface area (Å²) < 4.78 is 15.8. The molecule has 1 aliphatic heterocycles. The number of anilines is 1. The first-order chi connectivity index (χ1) is 16.9. The molecule has 35 heavy (non-hydrogen) atoms. The van der Waals surface area contributed by atoms with Gasteiger partial charge >= 0.3 is 5.97 Å². The van der Waals surface area contributed by atoms with E-state index in [-0.39, 0.29) is 11.3 Å². The maximum absolute atomic E-state index is 13.7. The minimum Gasteiger partial charge on any atom is -0.503 e. The zero-order valence-electron chi connectivity index (χ0n) is 18.6. The lowest BCUT2D eigenvalue weighted by molar-refractivity contribution is -0.117. The van der Waals surface area contributed by atoms with Crippen molar-refractivity contribution >= 4 is 45.1 Å². The van der Waals surface area contributed by atoms with Gasteiger partial charge in [-0.05, 0) is 29.8 Å². The summed E-state index contributed by atoms with van der Waals surface area (Å²) in [5.41, 5.74) is 1.00. The minimum absolute atomic E-state index is 0.0592. The van der Waals surface area contributed by atoms with E-state index in [0.717, 1.165) is 0 Å². The molecule has 0 fully saturated rings. The number of benzene rings is 2. The van der Waals surface area contributed by atoms with Crippen molar-refractivity contribution in [3.63, 3.8) is 0 Å². The highest BCUT2D eigenvalue weighted by Gasteiger charge is 2.46. The number of methoxy groups -OCH3 is 2. The third kappa shape index (κ3) is 3.64. The van der Waals surface area contributed by atoms with E-state index in [1.807, 2.05) is 0 Å². The van der Waals surface area contributed by atoms with Gasteiger partial charge in [-0.25, -0.2) is 9.78 Å². The van der Waals surface area contributed by atoms with Crippen LogP contribution < -0.4 is 9.64 Å². The Hall–Kier alpha value is -4.44. The van der Waals surface area contributed by atoms with Crippen LogP contribution in [0, 0.1) is 0 Å². The lowest BCUT2D eigenvalue weighted by Crippen LogP contribution is -2.31. The van der Waals surface area contributed by atoms with Crippen LogP contribution in [0.3, 0.4) is 0 Å². The van der Waals surface area contributed by atoms with Gasteiger partial charge < -0.3 is 19.0 Å². The van der Waals surface area contributed by atoms with Crippen molar-refractivity contribution in [1.82, 2.24) is 4.98 Å². The molecule has 0 aliphatic carbocycles. The number of rotatable bonds is 6. The molecular formula is C25H18N2O7S. The van der Waals surface area contributed by atoms with Crippen LogP contribution in [0.2, 0.25) is 0 Å². The molecule has 9 nitrogen and oxygen atoms in total. The normalized spacial score (nSPS) is 15.7. The Bertz CT molecular complexity index is 1490. The van der Waals surface area contributed by atoms with Gasteiger partial charge in [0, 0.05) is 17.0 Å². The van der Waals surface area contributed by atoms with E-state index in [4.69, 9.17) is 13.9 Å². The third-order valence-corrected chi connectivity index (χ3v) is 6.45. The molecule has 176 valence electrons. The zero-order valence-corrected chi connectivity index (χ0v) is 19.4. The number of carbonyl (C=O) groups is 3. The number of carbonyl (C=O) groups excluding carboxylic acids is 3. The molecule has 0 saturated heterocycles. The molecule has 2 aromatic heterocycles. The van der Waals surface area contributed by atoms with E-state index in [1.54, 1.807) is 35.7 Å². The fourth-order valence-electron chi connectivity index (χ4n) is 4.05. The van der Waals surface area contributed by atoms with Gasteiger partial charge in [-0.1, -0.05) is 24.3 Å². The summed E-state index contributed by atoms with van der Waals surface area (Å²) in [6, 6.07) is 12.0. The second kappa shape index (κ2) is 8.73. The lowest BCUT2D eigenvalue weighted by atomic mass is 9.94. The van der Waals surface area contributed by atoms with E-state index >= 15 is 0 Å². The molecule has 4 aromatic rings. The van der Waals surface area contributed by atoms with Crippen LogP contribution in [0.15, 0.2) is 75.9 Å². The van der Waals surface area contributed by atoms with Gasteiger partial charge in [0.1, 0.15) is 0 Å². The Morgan fingerprint density at radius 2 is 1.91 bits per heavy atom. The SMILES string of the molecule is COC(=O)c1ccc(C2C(C(=O)c3cc4cccc(OC)c4o3)=C(O)C(=O)N2c2nccs2)cc1. The standard InChI is InChI=1S/C25H18N2O7S/c1-32-16-5-3-4-15-12-17(34-22(15)16)20(28)18-19(13-6-8-14(9-7-13)24(31)33-2)27(23(30)21(18)29)25-26-10-11-35-25/h3-12,19,29H,1-2H3. The van der Waals surface area contributed by atoms with E-state index in [1.165, 1.54) is 54.9 Å². The van der Waals surface area contributed by atoms with Gasteiger partial charge in [0.2, 0.25) is 5.78 Å². The van der Waals surface area contributed by atoms with Crippen LogP contribution in [0.5, 0.6) is 5.75 Å². The maximum Gasteiger partial charge on any atom is 0.337 e. The number of thiazole rings is 1. The Balaban J connectivity index is 1.63. The molecule has 5 rings (SSSR count). The van der Waals surface area contributed by atoms with Crippen molar-refractivity contribution in [2.45, 2.75) is 6.04 Å². The summed E-state index contributed by atoms with van der Waals surface area (Å²) >= 11 is 1.19. The Morgan fingerprint density at radius 3 is 2.57 bits per heavy atom. The van der Waals surface area contributed by atoms with Crippen molar-refractivity contribution in [3.05, 3.63) is 88.3 Å². The number of hydrogen-bond donors (Lipinski definition) is 1. The fraction of sp³-hybridized carbons (Fsp3) is 0.120. The number of aliphatic hydroxyl groups is 1. The number of amides is 1. The van der Waals surface area contributed by atoms with Crippen molar-refractivity contribution in [1.29, 1.82) is 0 Å². The maximum atomic E-state index is 13.7. The van der Waals surface area contributed by atoms with Gasteiger partial charge in [0.05, 0.1) is 31.4 Å². The molecule has 0 radical (unpaired) electrons. The number of esters is 1. The predicted molar refractivity (Wildman–Crippen MR) is 127 cm³/mol. The molecule has 1 atom stereocenters. The lowest BCUT2D eigenvalue weighted by Gasteiger charge is -2.24. The van der Waals surface area contributed by atoms with Crippen molar-refractivity contribution < 1.29 is 33.4 Å². The number of aromatic nitrogens is 1. The van der Waals surface area contributed by atoms with E-state index in [0.29, 0.717) is 33.0 Å². The molecule has 1 N–H and O–H groups in total. The summed E-state index contributed by atoms with van der Waals surface area (Å²) in [5, 5.41) is 13.5. The summed E-state index contributed by atoms with van der Waals surface area (Å²) in [4.78, 5) is 44.1. The average molecular weight is 490 g/mol. The molecule has 10 heteroatoms. The van der Waals surface area contributed by atoms with E-state index in [9.17, 15) is 19.5 Å². The Labute approximate surface area is 202 Å². The minimum atomic E-state index is -0.997. The third-order valence-electron chi connectivity index (χ3n) is 5.68. The first-order valence-electron chi connectivity index (χ1n) is 10.4. The first-order valence-corrected chi connectivity index (χ1v) is 11.3. The van der Waals surface area contributed by atoms with Crippen LogP contribution in [-0.2, 0) is 9.53 Å². The van der Waals surface area contributed by atoms with Gasteiger partial charge in [-0.3, -0.25) is 14.5 Å². The number of fused-ring (bicyclic) bond motifs is 1. The monoisotopic (exact) mass is 490 g/mol. The van der Waals surface area contributed by atoms with Gasteiger partial charge in [0.25, 0.3) is 5.91 Å². The Kier molecular flexibility index (Phi) is 5.58. The second-order valence-corrected chi connectivity index (χ2v) is 8.46. The van der Waals surface area contributed by atoms with Gasteiger partial charge in [-0.15, -0.1) is 11.3 Å². The molecule has 0 bridgehead atoms. The summed E-state index contributed by atoms with van der Waals surface area (Å²) in [7, 11) is 2.76. The van der Waals surface area contributed by atoms with E-state index in [2.05, 4.69) is 4.98 Å². The summed E-state index contributed by atoms with van der Waals surface area (Å²) in [5.74, 6) is -2.26. The highest BCUT2D eigenvalue weighted by molar-refractivity contribution is 7.13. The number of Topliss-reactive ketones (excluding diaryl/α,β-unsaturated/α-hetero) is 1. The number of aliphatic hydroxyl groups excluding tert-OH is 1. The molecule has 1 unspecified atom stereocenters. The largest absolute Gasteiger partial charge is 0.503 e. The molecule has 0 spiro atoms. The quantitative estimate of drug-likeness (QED) is 0.311. The smallest absolute Gasteiger partial charge is 0.337 e. The Morgan fingerprint density at radius 1 is 1.14 bits per heavy atom. The number of ether oxygens (including phenoxy) is 2. The number of ketones is 1. The van der Waals surface area contributed by atoms with Crippen molar-refractivity contribution in [2.75, 3.05) is 19.1 Å². The molecule has 3 heterocycles. The number of furan rings is 1. The van der Waals surface area contributed by atoms with Crippen LogP contribution in [0.25, 0.3) is 11.0 Å². The van der Waals surface area contributed by atoms with Crippen LogP contribution >= 0.6 is 11.3 Å².